The van der Waals surface area contributed by atoms with Crippen molar-refractivity contribution >= 4 is 38.8 Å². The first-order valence-corrected chi connectivity index (χ1v) is 10.5. The van der Waals surface area contributed by atoms with Crippen LogP contribution in [0.2, 0.25) is 5.02 Å². The summed E-state index contributed by atoms with van der Waals surface area (Å²) in [6, 6.07) is 19.5. The molecule has 1 atom stereocenters. The van der Waals surface area contributed by atoms with Gasteiger partial charge in [0.2, 0.25) is 15.9 Å². The van der Waals surface area contributed by atoms with Crippen molar-refractivity contribution in [2.45, 2.75) is 4.90 Å². The Hall–Kier alpha value is -2.84. The van der Waals surface area contributed by atoms with Crippen LogP contribution in [0.25, 0.3) is 0 Å². The lowest BCUT2D eigenvalue weighted by Gasteiger charge is -2.31. The molecule has 2 N–H and O–H groups in total. The highest BCUT2D eigenvalue weighted by atomic mass is 35.5. The Morgan fingerprint density at radius 1 is 0.931 bits per heavy atom. The number of amidine groups is 1. The molecule has 3 aromatic carbocycles. The van der Waals surface area contributed by atoms with Gasteiger partial charge in [-0.05, 0) is 42.5 Å². The highest BCUT2D eigenvalue weighted by Crippen LogP contribution is 2.41. The van der Waals surface area contributed by atoms with Crippen LogP contribution in [0.4, 0.5) is 15.8 Å². The summed E-state index contributed by atoms with van der Waals surface area (Å²) in [6.45, 7) is 0. The van der Waals surface area contributed by atoms with Crippen LogP contribution >= 0.6 is 11.6 Å². The molecule has 0 saturated carbocycles. The maximum Gasteiger partial charge on any atom is 0.250 e. The maximum atomic E-state index is 14.1. The highest BCUT2D eigenvalue weighted by Gasteiger charge is 2.42. The van der Waals surface area contributed by atoms with E-state index in [1.807, 2.05) is 18.3 Å². The molecular weight excluding hydrogens is 413 g/mol. The third-order valence-corrected chi connectivity index (χ3v) is 5.89. The number of hydrogen-bond acceptors (Lipinski definition) is 3. The molecule has 0 saturated heterocycles. The molecule has 3 aromatic rings. The Labute approximate surface area is 172 Å². The van der Waals surface area contributed by atoms with Gasteiger partial charge in [-0.15, -0.1) is 0 Å². The molecule has 1 heterocycles. The molecule has 4 rings (SSSR count). The molecule has 0 aliphatic carbocycles. The molecule has 0 aromatic heterocycles. The van der Waals surface area contributed by atoms with Crippen molar-refractivity contribution in [3.8, 4) is 0 Å². The number of hydrogen-bond donors (Lipinski definition) is 1. The van der Waals surface area contributed by atoms with Gasteiger partial charge in [-0.2, -0.15) is 9.48 Å². The summed E-state index contributed by atoms with van der Waals surface area (Å²) in [4.78, 5) is 4.54. The first-order valence-electron chi connectivity index (χ1n) is 8.61. The number of halogens is 2. The molecule has 0 amide bonds. The van der Waals surface area contributed by atoms with Crippen LogP contribution in [0.3, 0.4) is 0 Å². The van der Waals surface area contributed by atoms with Crippen molar-refractivity contribution in [1.82, 2.24) is 4.48 Å². The van der Waals surface area contributed by atoms with Gasteiger partial charge in [0.15, 0.2) is 5.69 Å². The van der Waals surface area contributed by atoms with E-state index in [1.165, 1.54) is 24.3 Å². The standard InChI is InChI=1S/C21H16ClFN3O2S/c22-16-6-4-15(5-7-16)21-25-12-13-26(21,19-3-1-2-17(23)14-19)18-8-10-20(11-9-18)29(24,27)28/h1-14H,(H2,24,27,28)/q+1. The smallest absolute Gasteiger partial charge is 0.225 e. The molecule has 146 valence electrons. The minimum absolute atomic E-state index is 0.00759. The van der Waals surface area contributed by atoms with Crippen LogP contribution in [-0.4, -0.2) is 14.3 Å². The molecule has 5 nitrogen and oxygen atoms in total. The molecular formula is C21H16ClFN3O2S+. The molecule has 0 fully saturated rings. The molecule has 29 heavy (non-hydrogen) atoms. The van der Waals surface area contributed by atoms with Crippen LogP contribution in [0.5, 0.6) is 0 Å². The Bertz CT molecular complexity index is 1240. The minimum Gasteiger partial charge on any atom is -0.225 e. The summed E-state index contributed by atoms with van der Waals surface area (Å²) < 4.78 is 37.4. The van der Waals surface area contributed by atoms with Gasteiger partial charge in [-0.1, -0.05) is 17.7 Å². The quantitative estimate of drug-likeness (QED) is 0.612. The lowest BCUT2D eigenvalue weighted by Crippen LogP contribution is -2.43. The summed E-state index contributed by atoms with van der Waals surface area (Å²) in [5, 5.41) is 5.81. The van der Waals surface area contributed by atoms with Crippen LogP contribution in [0.1, 0.15) is 5.56 Å². The van der Waals surface area contributed by atoms with E-state index in [0.29, 0.717) is 22.2 Å². The molecule has 0 bridgehead atoms. The normalized spacial score (nSPS) is 18.7. The summed E-state index contributed by atoms with van der Waals surface area (Å²) in [6.07, 6.45) is 3.45. The second-order valence-electron chi connectivity index (χ2n) is 6.50. The zero-order valence-corrected chi connectivity index (χ0v) is 16.6. The van der Waals surface area contributed by atoms with E-state index in [2.05, 4.69) is 4.99 Å². The SMILES string of the molecule is NS(=O)(=O)c1ccc([N+]2(c3cccc(F)c3)C=CN=C2c2ccc(Cl)cc2)cc1. The van der Waals surface area contributed by atoms with Crippen molar-refractivity contribution in [1.29, 1.82) is 0 Å². The van der Waals surface area contributed by atoms with E-state index in [4.69, 9.17) is 16.7 Å². The molecule has 1 aliphatic heterocycles. The number of nitrogens with zero attached hydrogens (tertiary/aromatic N) is 2. The summed E-state index contributed by atoms with van der Waals surface area (Å²) in [5.74, 6) is 0.229. The number of aliphatic imine (C=N–C) groups is 1. The second kappa shape index (κ2) is 7.20. The Kier molecular flexibility index (Phi) is 4.84. The zero-order chi connectivity index (χ0) is 20.6. The first-order chi connectivity index (χ1) is 13.8. The molecule has 1 unspecified atom stereocenters. The van der Waals surface area contributed by atoms with Gasteiger partial charge in [-0.3, -0.25) is 0 Å². The molecule has 1 aliphatic rings. The predicted molar refractivity (Wildman–Crippen MR) is 113 cm³/mol. The van der Waals surface area contributed by atoms with E-state index < -0.39 is 15.8 Å². The van der Waals surface area contributed by atoms with Gasteiger partial charge in [0.05, 0.1) is 16.7 Å². The Balaban J connectivity index is 1.95. The lowest BCUT2D eigenvalue weighted by molar-refractivity contribution is 0.597. The fourth-order valence-electron chi connectivity index (χ4n) is 3.37. The van der Waals surface area contributed by atoms with Crippen LogP contribution in [-0.2, 0) is 10.0 Å². The van der Waals surface area contributed by atoms with Crippen molar-refractivity contribution in [3.05, 3.63) is 102 Å². The van der Waals surface area contributed by atoms with Crippen molar-refractivity contribution < 1.29 is 12.8 Å². The Morgan fingerprint density at radius 3 is 2.24 bits per heavy atom. The second-order valence-corrected chi connectivity index (χ2v) is 8.50. The fourth-order valence-corrected chi connectivity index (χ4v) is 4.02. The fraction of sp³-hybridized carbons (Fsp3) is 0. The predicted octanol–water partition coefficient (Wildman–Crippen LogP) is 4.70. The monoisotopic (exact) mass is 428 g/mol. The first kappa shape index (κ1) is 19.5. The molecule has 8 heteroatoms. The molecule has 0 radical (unpaired) electrons. The van der Waals surface area contributed by atoms with Gasteiger partial charge >= 0.3 is 0 Å². The number of nitrogens with two attached hydrogens (primary N) is 1. The summed E-state index contributed by atoms with van der Waals surface area (Å²) in [7, 11) is -3.83. The zero-order valence-electron chi connectivity index (χ0n) is 15.0. The van der Waals surface area contributed by atoms with Gasteiger partial charge < -0.3 is 0 Å². The topological polar surface area (TPSA) is 72.5 Å². The summed E-state index contributed by atoms with van der Waals surface area (Å²) in [5.41, 5.74) is 2.07. The maximum absolute atomic E-state index is 14.1. The summed E-state index contributed by atoms with van der Waals surface area (Å²) >= 11 is 6.03. The van der Waals surface area contributed by atoms with Gasteiger partial charge in [-0.25, -0.2) is 17.9 Å². The highest BCUT2D eigenvalue weighted by molar-refractivity contribution is 7.89. The van der Waals surface area contributed by atoms with E-state index in [1.54, 1.807) is 42.6 Å². The van der Waals surface area contributed by atoms with Gasteiger partial charge in [0.1, 0.15) is 17.7 Å². The largest absolute Gasteiger partial charge is 0.250 e. The van der Waals surface area contributed by atoms with Crippen LogP contribution in [0, 0.1) is 5.82 Å². The van der Waals surface area contributed by atoms with E-state index in [9.17, 15) is 12.8 Å². The van der Waals surface area contributed by atoms with Crippen LogP contribution in [0.15, 0.2) is 95.1 Å². The third kappa shape index (κ3) is 3.49. The van der Waals surface area contributed by atoms with E-state index >= 15 is 0 Å². The number of primary sulfonamides is 1. The minimum atomic E-state index is -3.83. The number of sulfonamides is 1. The number of quaternary nitrogens is 1. The molecule has 0 spiro atoms. The van der Waals surface area contributed by atoms with Gasteiger partial charge in [0.25, 0.3) is 0 Å². The van der Waals surface area contributed by atoms with Crippen molar-refractivity contribution in [2.24, 2.45) is 10.1 Å². The van der Waals surface area contributed by atoms with E-state index in [0.717, 1.165) is 5.56 Å². The van der Waals surface area contributed by atoms with Crippen molar-refractivity contribution in [2.75, 3.05) is 0 Å². The Morgan fingerprint density at radius 2 is 1.62 bits per heavy atom. The van der Waals surface area contributed by atoms with Crippen LogP contribution < -0.4 is 9.62 Å². The average molecular weight is 429 g/mol. The van der Waals surface area contributed by atoms with Crippen molar-refractivity contribution in [3.63, 3.8) is 0 Å². The van der Waals surface area contributed by atoms with E-state index in [-0.39, 0.29) is 9.38 Å². The number of rotatable bonds is 4. The van der Waals surface area contributed by atoms with Gasteiger partial charge in [0, 0.05) is 29.3 Å². The third-order valence-electron chi connectivity index (χ3n) is 4.71. The number of benzene rings is 3. The average Bonchev–Trinajstić information content (AvgIpc) is 3.14. The lowest BCUT2D eigenvalue weighted by atomic mass is 10.1.